The quantitative estimate of drug-likeness (QED) is 0.0332. The van der Waals surface area contributed by atoms with Gasteiger partial charge in [-0.2, -0.15) is 13.2 Å². The molecule has 4 aromatic carbocycles. The molecule has 6 N–H and O–H groups in total. The molecule has 20 heteroatoms. The molecule has 5 rings (SSSR count). The lowest BCUT2D eigenvalue weighted by molar-refractivity contribution is -0.202. The van der Waals surface area contributed by atoms with Gasteiger partial charge in [0.1, 0.15) is 30.8 Å². The Hall–Kier alpha value is -7.48. The first-order valence-electron chi connectivity index (χ1n) is 18.0. The van der Waals surface area contributed by atoms with Crippen molar-refractivity contribution in [1.82, 2.24) is 10.2 Å². The van der Waals surface area contributed by atoms with Crippen molar-refractivity contribution in [2.24, 2.45) is 10.9 Å². The lowest BCUT2D eigenvalue weighted by Gasteiger charge is -2.48. The molecule has 0 saturated carbocycles. The third-order valence-electron chi connectivity index (χ3n) is 8.52. The van der Waals surface area contributed by atoms with Gasteiger partial charge in [0.05, 0.1) is 6.61 Å². The minimum absolute atomic E-state index is 0.0129. The Balaban J connectivity index is 0.00000107. The van der Waals surface area contributed by atoms with Gasteiger partial charge in [-0.1, -0.05) is 78.0 Å². The van der Waals surface area contributed by atoms with E-state index >= 15 is 0 Å². The number of carboxylic acid groups (broad SMARTS) is 2. The van der Waals surface area contributed by atoms with Gasteiger partial charge in [-0.25, -0.2) is 9.59 Å². The summed E-state index contributed by atoms with van der Waals surface area (Å²) in [6, 6.07) is 26.6. The lowest BCUT2D eigenvalue weighted by atomic mass is 9.95. The second-order valence-electron chi connectivity index (χ2n) is 12.9. The molecule has 0 aromatic heterocycles. The summed E-state index contributed by atoms with van der Waals surface area (Å²) >= 11 is 0. The van der Waals surface area contributed by atoms with Gasteiger partial charge in [0.25, 0.3) is 11.8 Å². The number of amides is 2. The van der Waals surface area contributed by atoms with Crippen molar-refractivity contribution in [3.8, 4) is 11.5 Å². The van der Waals surface area contributed by atoms with E-state index in [9.17, 15) is 42.4 Å². The fourth-order valence-electron chi connectivity index (χ4n) is 5.47. The lowest BCUT2D eigenvalue weighted by Crippen LogP contribution is -2.73. The molecule has 1 heterocycles. The molecule has 0 spiro atoms. The van der Waals surface area contributed by atoms with Crippen LogP contribution >= 0.6 is 0 Å². The summed E-state index contributed by atoms with van der Waals surface area (Å²) in [5.74, 6) is -6.48. The summed E-state index contributed by atoms with van der Waals surface area (Å²) < 4.78 is 54.2. The number of alkyl halides is 3. The molecule has 61 heavy (non-hydrogen) atoms. The van der Waals surface area contributed by atoms with Crippen molar-refractivity contribution in [2.75, 3.05) is 6.61 Å². The highest BCUT2D eigenvalue weighted by atomic mass is 19.4. The number of likely N-dealkylation sites (tertiary alicyclic amines) is 1. The highest BCUT2D eigenvalue weighted by Crippen LogP contribution is 2.35. The number of oxime groups is 1. The number of rotatable bonds is 17. The number of carboxylic acids is 2. The zero-order valence-corrected chi connectivity index (χ0v) is 32.1. The van der Waals surface area contributed by atoms with E-state index in [1.165, 1.54) is 24.3 Å². The van der Waals surface area contributed by atoms with Crippen LogP contribution in [0, 0.1) is 0 Å². The fourth-order valence-corrected chi connectivity index (χ4v) is 5.47. The molecule has 0 aliphatic carbocycles. The Morgan fingerprint density at radius 1 is 0.820 bits per heavy atom. The van der Waals surface area contributed by atoms with Crippen LogP contribution in [0.2, 0.25) is 0 Å². The number of halogens is 3. The summed E-state index contributed by atoms with van der Waals surface area (Å²) in [5.41, 5.74) is 7.10. The van der Waals surface area contributed by atoms with Gasteiger partial charge in [0, 0.05) is 18.9 Å². The van der Waals surface area contributed by atoms with Crippen LogP contribution in [0.5, 0.6) is 11.5 Å². The summed E-state index contributed by atoms with van der Waals surface area (Å²) in [7, 11) is 0. The van der Waals surface area contributed by atoms with E-state index in [-0.39, 0.29) is 25.2 Å². The molecule has 4 aromatic rings. The van der Waals surface area contributed by atoms with E-state index in [4.69, 9.17) is 39.7 Å². The van der Waals surface area contributed by atoms with Crippen molar-refractivity contribution in [3.05, 3.63) is 131 Å². The fraction of sp³-hybridized carbons (Fsp3) is 0.244. The highest BCUT2D eigenvalue weighted by Gasteiger charge is 2.56. The van der Waals surface area contributed by atoms with Crippen LogP contribution in [-0.2, 0) is 51.5 Å². The standard InChI is InChI=1S/C39H38N4O11.C2HF3O2/c1-24(44)54-37-33(41-35(45)32(42-50)27-12-16-29(17-13-27)51-21-20-31(40)38(47)48)36(46)43(37)34(39(49)53-23-26-10-6-3-7-11-26)28-14-18-30(19-15-28)52-22-25-8-4-2-5-9-25;3-2(4,5)1(6)7/h2-19,31,33-34,37,50H,20-23,40H2,1H3,(H,41,45)(H,47,48);(H,6,7)/b42-32-;/t31?,33-,34?,37+;/m1./s1. The van der Waals surface area contributed by atoms with Gasteiger partial charge in [0.15, 0.2) is 17.8 Å². The second kappa shape index (κ2) is 21.5. The number of β-lactam (4-membered cyclic amide) rings is 1. The molecule has 1 fully saturated rings. The van der Waals surface area contributed by atoms with Crippen LogP contribution in [0.4, 0.5) is 13.2 Å². The molecule has 2 unspecified atom stereocenters. The zero-order chi connectivity index (χ0) is 44.7. The zero-order valence-electron chi connectivity index (χ0n) is 32.1. The maximum Gasteiger partial charge on any atom is 0.490 e. The van der Waals surface area contributed by atoms with Crippen molar-refractivity contribution < 1.29 is 76.3 Å². The maximum atomic E-state index is 13.8. The van der Waals surface area contributed by atoms with E-state index < -0.39 is 71.9 Å². The normalized spacial score (nSPS) is 15.7. The molecule has 1 saturated heterocycles. The van der Waals surface area contributed by atoms with Gasteiger partial charge in [-0.15, -0.1) is 0 Å². The van der Waals surface area contributed by atoms with Crippen molar-refractivity contribution in [2.45, 2.75) is 57.1 Å². The molecule has 0 bridgehead atoms. The number of nitrogens with zero attached hydrogens (tertiary/aromatic N) is 2. The average Bonchev–Trinajstić information content (AvgIpc) is 3.24. The number of hydrogen-bond acceptors (Lipinski definition) is 13. The van der Waals surface area contributed by atoms with E-state index in [1.807, 2.05) is 36.4 Å². The van der Waals surface area contributed by atoms with Crippen molar-refractivity contribution >= 4 is 41.4 Å². The number of aliphatic carboxylic acids is 2. The van der Waals surface area contributed by atoms with Gasteiger partial charge >= 0.3 is 30.1 Å². The minimum atomic E-state index is -5.08. The molecule has 0 radical (unpaired) electrons. The maximum absolute atomic E-state index is 13.8. The minimum Gasteiger partial charge on any atom is -0.494 e. The number of esters is 2. The first-order valence-corrected chi connectivity index (χ1v) is 18.0. The third kappa shape index (κ3) is 13.3. The van der Waals surface area contributed by atoms with Crippen LogP contribution in [0.1, 0.15) is 41.6 Å². The molecule has 1 aliphatic heterocycles. The highest BCUT2D eigenvalue weighted by molar-refractivity contribution is 6.45. The molecule has 2 amide bonds. The monoisotopic (exact) mass is 852 g/mol. The van der Waals surface area contributed by atoms with Crippen LogP contribution < -0.4 is 20.5 Å². The predicted molar refractivity (Wildman–Crippen MR) is 205 cm³/mol. The summed E-state index contributed by atoms with van der Waals surface area (Å²) in [5, 5.41) is 31.4. The molecular weight excluding hydrogens is 813 g/mol. The second-order valence-corrected chi connectivity index (χ2v) is 12.9. The molecule has 17 nitrogen and oxygen atoms in total. The van der Waals surface area contributed by atoms with Gasteiger partial charge in [-0.05, 0) is 53.1 Å². The number of benzene rings is 4. The van der Waals surface area contributed by atoms with Crippen molar-refractivity contribution in [1.29, 1.82) is 0 Å². The summed E-state index contributed by atoms with van der Waals surface area (Å²) in [6.45, 7) is 1.31. The largest absolute Gasteiger partial charge is 0.494 e. The van der Waals surface area contributed by atoms with Crippen LogP contribution in [0.25, 0.3) is 0 Å². The summed E-state index contributed by atoms with van der Waals surface area (Å²) in [6.07, 6.45) is -6.48. The first kappa shape index (κ1) is 46.2. The molecule has 4 atom stereocenters. The number of carbonyl (C=O) groups excluding carboxylic acids is 4. The number of nitrogens with one attached hydrogen (secondary N) is 1. The van der Waals surface area contributed by atoms with Gasteiger partial charge in [0.2, 0.25) is 6.23 Å². The Morgan fingerprint density at radius 3 is 1.85 bits per heavy atom. The van der Waals surface area contributed by atoms with Gasteiger partial charge < -0.3 is 45.4 Å². The van der Waals surface area contributed by atoms with Crippen molar-refractivity contribution in [3.63, 3.8) is 0 Å². The first-order chi connectivity index (χ1) is 29.0. The van der Waals surface area contributed by atoms with E-state index in [0.29, 0.717) is 29.2 Å². The number of nitrogens with two attached hydrogens (primary N) is 1. The smallest absolute Gasteiger partial charge is 0.490 e. The van der Waals surface area contributed by atoms with E-state index in [0.717, 1.165) is 17.4 Å². The predicted octanol–water partition coefficient (Wildman–Crippen LogP) is 3.96. The number of carbonyl (C=O) groups is 6. The third-order valence-corrected chi connectivity index (χ3v) is 8.52. The molecular formula is C41H39F3N4O13. The van der Waals surface area contributed by atoms with Crippen LogP contribution in [-0.4, -0.2) is 92.8 Å². The topological polar surface area (TPSA) is 254 Å². The Morgan fingerprint density at radius 2 is 1.34 bits per heavy atom. The average molecular weight is 853 g/mol. The number of hydrogen-bond donors (Lipinski definition) is 5. The Labute approximate surface area is 345 Å². The van der Waals surface area contributed by atoms with Crippen LogP contribution in [0.3, 0.4) is 0 Å². The number of ether oxygens (including phenoxy) is 4. The Kier molecular flexibility index (Phi) is 16.3. The summed E-state index contributed by atoms with van der Waals surface area (Å²) in [4.78, 5) is 74.1. The van der Waals surface area contributed by atoms with E-state index in [1.54, 1.807) is 48.5 Å². The van der Waals surface area contributed by atoms with E-state index in [2.05, 4.69) is 10.5 Å². The Bertz CT molecular complexity index is 2170. The van der Waals surface area contributed by atoms with Crippen LogP contribution in [0.15, 0.2) is 114 Å². The molecule has 1 aliphatic rings. The van der Waals surface area contributed by atoms with Gasteiger partial charge in [-0.3, -0.25) is 24.1 Å². The SMILES string of the molecule is CC(=O)O[C@H]1[C@H](NC(=O)/C(=N\O)c2ccc(OCCC(N)C(=O)O)cc2)C(=O)N1C(C(=O)OCc1ccccc1)c1ccc(OCc2ccccc2)cc1.O=C(O)C(F)(F)F. The molecule has 322 valence electrons.